The minimum Gasteiger partial charge on any atom is -0.480 e. The van der Waals surface area contributed by atoms with E-state index in [9.17, 15) is 18.4 Å². The molecule has 0 radical (unpaired) electrons. The van der Waals surface area contributed by atoms with E-state index in [1.807, 2.05) is 5.32 Å². The Morgan fingerprint density at radius 1 is 1.43 bits per heavy atom. The van der Waals surface area contributed by atoms with E-state index in [4.69, 9.17) is 11.2 Å². The number of hydrogen-bond acceptors (Lipinski definition) is 3. The number of rotatable bonds is 4. The van der Waals surface area contributed by atoms with Crippen molar-refractivity contribution in [2.45, 2.75) is 38.8 Å². The Kier molecular flexibility index (Phi) is 4.72. The van der Waals surface area contributed by atoms with E-state index in [1.54, 1.807) is 0 Å². The van der Waals surface area contributed by atoms with Gasteiger partial charge in [-0.3, -0.25) is 0 Å². The molecule has 0 aliphatic heterocycles. The Labute approximate surface area is 122 Å². The zero-order valence-electron chi connectivity index (χ0n) is 12.7. The van der Waals surface area contributed by atoms with Gasteiger partial charge in [-0.25, -0.2) is 18.4 Å². The van der Waals surface area contributed by atoms with Gasteiger partial charge in [-0.15, -0.1) is 0 Å². The van der Waals surface area contributed by atoms with Crippen LogP contribution in [0.2, 0.25) is 0 Å². The van der Waals surface area contributed by atoms with Crippen molar-refractivity contribution < 1.29 is 29.6 Å². The molecule has 7 heteroatoms. The molecule has 116 valence electrons. The average Bonchev–Trinajstić information content (AvgIpc) is 2.41. The van der Waals surface area contributed by atoms with Crippen molar-refractivity contribution in [2.24, 2.45) is 0 Å². The number of hydrogen-bond donors (Lipinski definition) is 2. The molecular formula is C14H17F2NO4. The third-order valence-electron chi connectivity index (χ3n) is 2.43. The Morgan fingerprint density at radius 3 is 2.48 bits per heavy atom. The molecule has 0 fully saturated rings. The van der Waals surface area contributed by atoms with E-state index in [0.717, 1.165) is 18.2 Å². The first-order chi connectivity index (χ1) is 10.2. The molecule has 0 saturated heterocycles. The van der Waals surface area contributed by atoms with Crippen LogP contribution >= 0.6 is 0 Å². The second-order valence-corrected chi connectivity index (χ2v) is 5.09. The molecule has 0 unspecified atom stereocenters. The van der Waals surface area contributed by atoms with Gasteiger partial charge in [-0.05, 0) is 32.9 Å². The summed E-state index contributed by atoms with van der Waals surface area (Å²) in [7, 11) is 0. The van der Waals surface area contributed by atoms with Gasteiger partial charge in [0.2, 0.25) is 0 Å². The fraction of sp³-hybridized carbons (Fsp3) is 0.429. The summed E-state index contributed by atoms with van der Waals surface area (Å²) < 4.78 is 39.1. The van der Waals surface area contributed by atoms with Crippen LogP contribution in [-0.4, -0.2) is 28.8 Å². The van der Waals surface area contributed by atoms with Crippen molar-refractivity contribution in [3.8, 4) is 0 Å². The van der Waals surface area contributed by atoms with Gasteiger partial charge in [-0.1, -0.05) is 6.07 Å². The number of ether oxygens (including phenoxy) is 1. The summed E-state index contributed by atoms with van der Waals surface area (Å²) in [6.45, 7) is 2.73. The fourth-order valence-corrected chi connectivity index (χ4v) is 1.55. The van der Waals surface area contributed by atoms with Crippen molar-refractivity contribution in [1.82, 2.24) is 5.32 Å². The number of aliphatic carboxylic acids is 1. The quantitative estimate of drug-likeness (QED) is 0.896. The van der Waals surface area contributed by atoms with Crippen LogP contribution < -0.4 is 5.32 Å². The molecule has 21 heavy (non-hydrogen) atoms. The summed E-state index contributed by atoms with van der Waals surface area (Å²) in [5, 5.41) is 11.1. The van der Waals surface area contributed by atoms with E-state index in [-0.39, 0.29) is 6.90 Å². The van der Waals surface area contributed by atoms with Crippen molar-refractivity contribution in [3.05, 3.63) is 35.4 Å². The van der Waals surface area contributed by atoms with Gasteiger partial charge in [-0.2, -0.15) is 0 Å². The van der Waals surface area contributed by atoms with Gasteiger partial charge in [0.15, 0.2) is 0 Å². The minimum absolute atomic E-state index is 0.222. The lowest BCUT2D eigenvalue weighted by atomic mass is 10.0. The van der Waals surface area contributed by atoms with Crippen LogP contribution in [0.4, 0.5) is 13.6 Å². The highest BCUT2D eigenvalue weighted by molar-refractivity contribution is 5.80. The standard InChI is InChI=1S/C14H17F2NO4/c1-14(2,3)21-13(20)17-11(12(18)19)7-8-9(15)5-4-6-10(8)16/h4-6,11H,7H2,1-3H3,(H,17,20)(H,18,19)/t11-/m0/s1/i1D. The molecule has 0 saturated carbocycles. The monoisotopic (exact) mass is 302 g/mol. The Bertz CT molecular complexity index is 546. The van der Waals surface area contributed by atoms with Crippen molar-refractivity contribution in [1.29, 1.82) is 0 Å². The summed E-state index contributed by atoms with van der Waals surface area (Å²) in [5.41, 5.74) is -1.54. The number of carboxylic acid groups (broad SMARTS) is 1. The zero-order valence-corrected chi connectivity index (χ0v) is 11.7. The average molecular weight is 302 g/mol. The number of benzene rings is 1. The predicted octanol–water partition coefficient (Wildman–Crippen LogP) is 2.49. The Balaban J connectivity index is 2.83. The molecule has 1 amide bonds. The highest BCUT2D eigenvalue weighted by atomic mass is 19.1. The van der Waals surface area contributed by atoms with E-state index in [2.05, 4.69) is 0 Å². The van der Waals surface area contributed by atoms with Gasteiger partial charge in [0.1, 0.15) is 23.3 Å². The summed E-state index contributed by atoms with van der Waals surface area (Å²) >= 11 is 0. The van der Waals surface area contributed by atoms with Gasteiger partial charge in [0.05, 0.1) is 0 Å². The van der Waals surface area contributed by atoms with Gasteiger partial charge >= 0.3 is 12.1 Å². The lowest BCUT2D eigenvalue weighted by Crippen LogP contribution is -2.45. The molecule has 1 aromatic carbocycles. The smallest absolute Gasteiger partial charge is 0.408 e. The molecule has 0 bridgehead atoms. The molecule has 1 atom stereocenters. The molecule has 0 aliphatic rings. The van der Waals surface area contributed by atoms with E-state index in [1.165, 1.54) is 13.8 Å². The maximum absolute atomic E-state index is 13.5. The maximum atomic E-state index is 13.5. The largest absolute Gasteiger partial charge is 0.480 e. The number of nitrogens with one attached hydrogen (secondary N) is 1. The highest BCUT2D eigenvalue weighted by Gasteiger charge is 2.26. The maximum Gasteiger partial charge on any atom is 0.408 e. The molecule has 0 aliphatic carbocycles. The third-order valence-corrected chi connectivity index (χ3v) is 2.43. The first kappa shape index (κ1) is 15.2. The first-order valence-electron chi connectivity index (χ1n) is 6.81. The van der Waals surface area contributed by atoms with Gasteiger partial charge < -0.3 is 15.2 Å². The van der Waals surface area contributed by atoms with Crippen LogP contribution in [0.3, 0.4) is 0 Å². The summed E-state index contributed by atoms with van der Waals surface area (Å²) in [6, 6.07) is 1.60. The lowest BCUT2D eigenvalue weighted by molar-refractivity contribution is -0.139. The number of carbonyl (C=O) groups is 2. The number of carboxylic acids is 1. The number of halogens is 2. The van der Waals surface area contributed by atoms with Crippen molar-refractivity contribution >= 4 is 12.1 Å². The fourth-order valence-electron chi connectivity index (χ4n) is 1.55. The van der Waals surface area contributed by atoms with E-state index in [0.29, 0.717) is 0 Å². The van der Waals surface area contributed by atoms with Crippen LogP contribution in [0.25, 0.3) is 0 Å². The number of carbonyl (C=O) groups excluding carboxylic acids is 1. The van der Waals surface area contributed by atoms with Crippen molar-refractivity contribution in [3.63, 3.8) is 0 Å². The summed E-state index contributed by atoms with van der Waals surface area (Å²) in [6.07, 6.45) is -1.63. The van der Waals surface area contributed by atoms with Crippen LogP contribution in [0.5, 0.6) is 0 Å². The second kappa shape index (κ2) is 6.51. The van der Waals surface area contributed by atoms with E-state index >= 15 is 0 Å². The third kappa shape index (κ3) is 5.37. The van der Waals surface area contributed by atoms with Gasteiger partial charge in [0, 0.05) is 13.4 Å². The normalized spacial score (nSPS) is 13.2. The Hall–Kier alpha value is -2.18. The summed E-state index contributed by atoms with van der Waals surface area (Å²) in [4.78, 5) is 22.8. The SMILES string of the molecule is [2H]CC(C)(C)OC(=O)N[C@@H](Cc1c(F)cccc1F)C(=O)O. The molecule has 5 nitrogen and oxygen atoms in total. The minimum atomic E-state index is -1.56. The van der Waals surface area contributed by atoms with Gasteiger partial charge in [0.25, 0.3) is 0 Å². The molecule has 0 spiro atoms. The van der Waals surface area contributed by atoms with E-state index < -0.39 is 47.3 Å². The number of amides is 1. The van der Waals surface area contributed by atoms with Crippen molar-refractivity contribution in [2.75, 3.05) is 0 Å². The summed E-state index contributed by atoms with van der Waals surface area (Å²) in [5.74, 6) is -3.25. The highest BCUT2D eigenvalue weighted by Crippen LogP contribution is 2.15. The molecule has 1 aromatic rings. The van der Waals surface area contributed by atoms with Crippen LogP contribution in [-0.2, 0) is 16.0 Å². The topological polar surface area (TPSA) is 75.6 Å². The van der Waals surface area contributed by atoms with Crippen LogP contribution in [0, 0.1) is 11.6 Å². The van der Waals surface area contributed by atoms with Crippen LogP contribution in [0.15, 0.2) is 18.2 Å². The van der Waals surface area contributed by atoms with Crippen LogP contribution in [0.1, 0.15) is 27.7 Å². The number of alkyl carbamates (subject to hydrolysis) is 1. The molecule has 2 N–H and O–H groups in total. The molecule has 0 heterocycles. The molecular weight excluding hydrogens is 284 g/mol. The lowest BCUT2D eigenvalue weighted by Gasteiger charge is -2.22. The second-order valence-electron chi connectivity index (χ2n) is 5.09. The predicted molar refractivity (Wildman–Crippen MR) is 70.9 cm³/mol. The molecule has 1 rings (SSSR count). The first-order valence-corrected chi connectivity index (χ1v) is 6.10. The Morgan fingerprint density at radius 2 is 2.00 bits per heavy atom. The molecule has 0 aromatic heterocycles. The zero-order chi connectivity index (χ0) is 16.9.